The summed E-state index contributed by atoms with van der Waals surface area (Å²) in [5.41, 5.74) is 1.48. The zero-order chi connectivity index (χ0) is 10.1. The third-order valence-corrected chi connectivity index (χ3v) is 2.46. The Bertz CT molecular complexity index is 374. The van der Waals surface area contributed by atoms with Gasteiger partial charge in [0.25, 0.3) is 5.69 Å². The van der Waals surface area contributed by atoms with Crippen molar-refractivity contribution >= 4 is 5.69 Å². The Labute approximate surface area is 81.3 Å². The van der Waals surface area contributed by atoms with Gasteiger partial charge in [0.2, 0.25) is 0 Å². The van der Waals surface area contributed by atoms with Crippen molar-refractivity contribution in [3.05, 3.63) is 33.6 Å². The van der Waals surface area contributed by atoms with E-state index in [1.807, 2.05) is 0 Å². The van der Waals surface area contributed by atoms with Crippen LogP contribution < -0.4 is 5.32 Å². The van der Waals surface area contributed by atoms with Crippen LogP contribution in [0.5, 0.6) is 0 Å². The summed E-state index contributed by atoms with van der Waals surface area (Å²) in [5.74, 6) is 0. The van der Waals surface area contributed by atoms with Crippen molar-refractivity contribution < 1.29 is 4.92 Å². The lowest BCUT2D eigenvalue weighted by molar-refractivity contribution is -0.385. The van der Waals surface area contributed by atoms with Crippen molar-refractivity contribution in [3.63, 3.8) is 0 Å². The Kier molecular flexibility index (Phi) is 2.17. The highest BCUT2D eigenvalue weighted by Crippen LogP contribution is 2.24. The highest BCUT2D eigenvalue weighted by atomic mass is 16.6. The van der Waals surface area contributed by atoms with Crippen molar-refractivity contribution in [2.45, 2.75) is 19.4 Å². The largest absolute Gasteiger partial charge is 0.309 e. The van der Waals surface area contributed by atoms with Crippen LogP contribution in [0.4, 0.5) is 5.69 Å². The molecule has 0 saturated carbocycles. The summed E-state index contributed by atoms with van der Waals surface area (Å²) in [6.45, 7) is 2.67. The van der Waals surface area contributed by atoms with E-state index in [0.717, 1.165) is 18.7 Å². The molecule has 2 heterocycles. The van der Waals surface area contributed by atoms with Crippen LogP contribution in [0, 0.1) is 17.0 Å². The van der Waals surface area contributed by atoms with E-state index >= 15 is 0 Å². The predicted octanol–water partition coefficient (Wildman–Crippen LogP) is 1.33. The quantitative estimate of drug-likeness (QED) is 0.568. The molecule has 1 aliphatic rings. The molecule has 1 saturated heterocycles. The lowest BCUT2D eigenvalue weighted by atomic mass is 10.0. The SMILES string of the molecule is Cc1nc(C2CCN2)ccc1[N+](=O)[O-]. The first-order valence-corrected chi connectivity index (χ1v) is 4.54. The van der Waals surface area contributed by atoms with Crippen molar-refractivity contribution in [3.8, 4) is 0 Å². The molecular weight excluding hydrogens is 182 g/mol. The van der Waals surface area contributed by atoms with Gasteiger partial charge in [-0.3, -0.25) is 10.1 Å². The molecule has 0 bridgehead atoms. The summed E-state index contributed by atoms with van der Waals surface area (Å²) >= 11 is 0. The monoisotopic (exact) mass is 193 g/mol. The number of hydrogen-bond acceptors (Lipinski definition) is 4. The molecule has 5 nitrogen and oxygen atoms in total. The number of hydrogen-bond donors (Lipinski definition) is 1. The van der Waals surface area contributed by atoms with Crippen LogP contribution in [0.2, 0.25) is 0 Å². The van der Waals surface area contributed by atoms with Crippen molar-refractivity contribution in [1.29, 1.82) is 0 Å². The van der Waals surface area contributed by atoms with Gasteiger partial charge in [0.05, 0.1) is 16.7 Å². The van der Waals surface area contributed by atoms with E-state index in [1.54, 1.807) is 13.0 Å². The molecule has 1 aromatic rings. The Morgan fingerprint density at radius 1 is 1.64 bits per heavy atom. The fourth-order valence-electron chi connectivity index (χ4n) is 1.50. The molecule has 0 aliphatic carbocycles. The number of aryl methyl sites for hydroxylation is 1. The van der Waals surface area contributed by atoms with Crippen molar-refractivity contribution in [1.82, 2.24) is 10.3 Å². The third-order valence-electron chi connectivity index (χ3n) is 2.46. The maximum Gasteiger partial charge on any atom is 0.290 e. The number of pyridine rings is 1. The lowest BCUT2D eigenvalue weighted by Crippen LogP contribution is -2.35. The van der Waals surface area contributed by atoms with E-state index in [0.29, 0.717) is 5.69 Å². The first-order valence-electron chi connectivity index (χ1n) is 4.54. The fraction of sp³-hybridized carbons (Fsp3) is 0.444. The van der Waals surface area contributed by atoms with E-state index in [2.05, 4.69) is 10.3 Å². The molecule has 0 amide bonds. The summed E-state index contributed by atoms with van der Waals surface area (Å²) < 4.78 is 0. The van der Waals surface area contributed by atoms with Gasteiger partial charge >= 0.3 is 0 Å². The lowest BCUT2D eigenvalue weighted by Gasteiger charge is -2.26. The van der Waals surface area contributed by atoms with Gasteiger partial charge in [0, 0.05) is 6.07 Å². The normalized spacial score (nSPS) is 20.2. The molecule has 0 aromatic carbocycles. The van der Waals surface area contributed by atoms with Gasteiger partial charge in [-0.05, 0) is 26.0 Å². The number of nitro groups is 1. The molecule has 5 heteroatoms. The van der Waals surface area contributed by atoms with E-state index < -0.39 is 4.92 Å². The maximum atomic E-state index is 10.5. The molecule has 0 spiro atoms. The predicted molar refractivity (Wildman–Crippen MR) is 51.0 cm³/mol. The zero-order valence-electron chi connectivity index (χ0n) is 7.86. The Hall–Kier alpha value is -1.49. The van der Waals surface area contributed by atoms with Gasteiger partial charge in [0.15, 0.2) is 0 Å². The highest BCUT2D eigenvalue weighted by Gasteiger charge is 2.21. The molecule has 1 N–H and O–H groups in total. The summed E-state index contributed by atoms with van der Waals surface area (Å²) in [7, 11) is 0. The molecule has 1 unspecified atom stereocenters. The number of aromatic nitrogens is 1. The van der Waals surface area contributed by atoms with Crippen LogP contribution in [-0.2, 0) is 0 Å². The van der Waals surface area contributed by atoms with E-state index in [9.17, 15) is 10.1 Å². The molecule has 0 radical (unpaired) electrons. The topological polar surface area (TPSA) is 68.1 Å². The van der Waals surface area contributed by atoms with Gasteiger partial charge in [-0.25, -0.2) is 4.98 Å². The minimum Gasteiger partial charge on any atom is -0.309 e. The number of nitrogens with one attached hydrogen (secondary N) is 1. The Balaban J connectivity index is 2.30. The van der Waals surface area contributed by atoms with Crippen LogP contribution in [0.3, 0.4) is 0 Å². The minimum atomic E-state index is -0.402. The summed E-state index contributed by atoms with van der Waals surface area (Å²) in [6.07, 6.45) is 1.06. The van der Waals surface area contributed by atoms with Crippen LogP contribution >= 0.6 is 0 Å². The van der Waals surface area contributed by atoms with E-state index in [-0.39, 0.29) is 11.7 Å². The molecule has 1 fully saturated rings. The van der Waals surface area contributed by atoms with Crippen LogP contribution in [0.1, 0.15) is 23.9 Å². The first kappa shape index (κ1) is 9.08. The van der Waals surface area contributed by atoms with Gasteiger partial charge in [-0.2, -0.15) is 0 Å². The third kappa shape index (κ3) is 1.46. The average Bonchev–Trinajstić information content (AvgIpc) is 2.00. The molecule has 1 aliphatic heterocycles. The van der Waals surface area contributed by atoms with E-state index in [1.165, 1.54) is 6.07 Å². The average molecular weight is 193 g/mol. The number of rotatable bonds is 2. The Morgan fingerprint density at radius 3 is 2.79 bits per heavy atom. The molecule has 74 valence electrons. The van der Waals surface area contributed by atoms with Crippen LogP contribution in [0.15, 0.2) is 12.1 Å². The van der Waals surface area contributed by atoms with Gasteiger partial charge < -0.3 is 5.32 Å². The minimum absolute atomic E-state index is 0.0908. The fourth-order valence-corrected chi connectivity index (χ4v) is 1.50. The second-order valence-electron chi connectivity index (χ2n) is 3.39. The van der Waals surface area contributed by atoms with Crippen molar-refractivity contribution in [2.75, 3.05) is 6.54 Å². The molecule has 2 rings (SSSR count). The second kappa shape index (κ2) is 3.34. The smallest absolute Gasteiger partial charge is 0.290 e. The number of nitrogens with zero attached hydrogens (tertiary/aromatic N) is 2. The standard InChI is InChI=1S/C9H11N3O2/c1-6-9(12(13)14)3-2-8(11-6)7-4-5-10-7/h2-3,7,10H,4-5H2,1H3. The summed E-state index contributed by atoms with van der Waals surface area (Å²) in [5, 5.41) is 13.7. The molecule has 14 heavy (non-hydrogen) atoms. The van der Waals surface area contributed by atoms with Gasteiger partial charge in [-0.15, -0.1) is 0 Å². The van der Waals surface area contributed by atoms with E-state index in [4.69, 9.17) is 0 Å². The first-order chi connectivity index (χ1) is 6.68. The summed E-state index contributed by atoms with van der Waals surface area (Å²) in [6, 6.07) is 3.54. The highest BCUT2D eigenvalue weighted by molar-refractivity contribution is 5.36. The molecule has 1 atom stereocenters. The van der Waals surface area contributed by atoms with Gasteiger partial charge in [0.1, 0.15) is 5.69 Å². The summed E-state index contributed by atoms with van der Waals surface area (Å²) in [4.78, 5) is 14.3. The maximum absolute atomic E-state index is 10.5. The zero-order valence-corrected chi connectivity index (χ0v) is 7.86. The van der Waals surface area contributed by atoms with Gasteiger partial charge in [-0.1, -0.05) is 0 Å². The Morgan fingerprint density at radius 2 is 2.36 bits per heavy atom. The molecule has 1 aromatic heterocycles. The van der Waals surface area contributed by atoms with Crippen molar-refractivity contribution in [2.24, 2.45) is 0 Å². The second-order valence-corrected chi connectivity index (χ2v) is 3.39. The van der Waals surface area contributed by atoms with Crippen LogP contribution in [0.25, 0.3) is 0 Å². The molecular formula is C9H11N3O2. The van der Waals surface area contributed by atoms with Crippen LogP contribution in [-0.4, -0.2) is 16.5 Å².